The Morgan fingerprint density at radius 2 is 2.00 bits per heavy atom. The van der Waals surface area contributed by atoms with Crippen LogP contribution in [-0.2, 0) is 16.1 Å². The second-order valence-corrected chi connectivity index (χ2v) is 4.36. The fraction of sp³-hybridized carbons (Fsp3) is 0.133. The number of ether oxygens (including phenoxy) is 1. The van der Waals surface area contributed by atoms with Gasteiger partial charge in [-0.05, 0) is 22.8 Å². The van der Waals surface area contributed by atoms with Gasteiger partial charge in [-0.15, -0.1) is 0 Å². The quantitative estimate of drug-likeness (QED) is 0.491. The SMILES string of the molecule is CC(=O)OCc1ccccc1-c1ccc(F)c([N+](=O)[O-])c1. The molecule has 0 aliphatic rings. The molecule has 2 rings (SSSR count). The van der Waals surface area contributed by atoms with Crippen LogP contribution in [0.3, 0.4) is 0 Å². The van der Waals surface area contributed by atoms with E-state index in [2.05, 4.69) is 0 Å². The molecule has 0 radical (unpaired) electrons. The van der Waals surface area contributed by atoms with Crippen molar-refractivity contribution in [2.24, 2.45) is 0 Å². The maximum atomic E-state index is 13.4. The molecule has 0 N–H and O–H groups in total. The summed E-state index contributed by atoms with van der Waals surface area (Å²) in [6, 6.07) is 10.7. The minimum Gasteiger partial charge on any atom is -0.461 e. The molecule has 0 saturated heterocycles. The van der Waals surface area contributed by atoms with Crippen LogP contribution in [0.25, 0.3) is 11.1 Å². The fourth-order valence-corrected chi connectivity index (χ4v) is 1.93. The number of halogens is 1. The summed E-state index contributed by atoms with van der Waals surface area (Å²) in [5.41, 5.74) is 1.25. The molecule has 5 nitrogen and oxygen atoms in total. The molecular formula is C15H12FNO4. The summed E-state index contributed by atoms with van der Waals surface area (Å²) in [6.45, 7) is 1.35. The summed E-state index contributed by atoms with van der Waals surface area (Å²) in [6.07, 6.45) is 0. The number of carbonyl (C=O) groups excluding carboxylic acids is 1. The molecule has 0 aliphatic carbocycles. The number of nitrogens with zero attached hydrogens (tertiary/aromatic N) is 1. The van der Waals surface area contributed by atoms with Crippen LogP contribution in [0.4, 0.5) is 10.1 Å². The molecule has 2 aromatic rings. The average Bonchev–Trinajstić information content (AvgIpc) is 2.45. The molecule has 0 spiro atoms. The average molecular weight is 289 g/mol. The van der Waals surface area contributed by atoms with Crippen molar-refractivity contribution in [1.82, 2.24) is 0 Å². The molecular weight excluding hydrogens is 277 g/mol. The Hall–Kier alpha value is -2.76. The van der Waals surface area contributed by atoms with E-state index in [1.807, 2.05) is 0 Å². The van der Waals surface area contributed by atoms with Crippen LogP contribution in [-0.4, -0.2) is 10.9 Å². The lowest BCUT2D eigenvalue weighted by molar-refractivity contribution is -0.387. The molecule has 0 atom stereocenters. The topological polar surface area (TPSA) is 69.4 Å². The minimum atomic E-state index is -0.888. The summed E-state index contributed by atoms with van der Waals surface area (Å²) in [5.74, 6) is -1.31. The first-order chi connectivity index (χ1) is 9.99. The zero-order valence-corrected chi connectivity index (χ0v) is 11.2. The highest BCUT2D eigenvalue weighted by molar-refractivity contribution is 5.70. The standard InChI is InChI=1S/C15H12FNO4/c1-10(18)21-9-12-4-2-3-5-13(12)11-6-7-14(16)15(8-11)17(19)20/h2-8H,9H2,1H3. The Kier molecular flexibility index (Phi) is 4.27. The van der Waals surface area contributed by atoms with Crippen molar-refractivity contribution < 1.29 is 18.8 Å². The molecule has 2 aromatic carbocycles. The van der Waals surface area contributed by atoms with E-state index in [9.17, 15) is 19.3 Å². The molecule has 0 bridgehead atoms. The van der Waals surface area contributed by atoms with Gasteiger partial charge in [0.25, 0.3) is 0 Å². The van der Waals surface area contributed by atoms with Gasteiger partial charge in [-0.2, -0.15) is 4.39 Å². The largest absolute Gasteiger partial charge is 0.461 e. The Labute approximate surface area is 120 Å². The first kappa shape index (κ1) is 14.6. The molecule has 0 aliphatic heterocycles. The summed E-state index contributed by atoms with van der Waals surface area (Å²) < 4.78 is 18.3. The highest BCUT2D eigenvalue weighted by Gasteiger charge is 2.16. The van der Waals surface area contributed by atoms with E-state index in [1.54, 1.807) is 24.3 Å². The smallest absolute Gasteiger partial charge is 0.305 e. The van der Waals surface area contributed by atoms with Crippen molar-refractivity contribution in [3.05, 3.63) is 64.0 Å². The van der Waals surface area contributed by atoms with Crippen molar-refractivity contribution in [1.29, 1.82) is 0 Å². The molecule has 0 heterocycles. The summed E-state index contributed by atoms with van der Waals surface area (Å²) in [7, 11) is 0. The molecule has 0 fully saturated rings. The van der Waals surface area contributed by atoms with E-state index >= 15 is 0 Å². The zero-order chi connectivity index (χ0) is 15.4. The van der Waals surface area contributed by atoms with Crippen molar-refractivity contribution in [3.8, 4) is 11.1 Å². The van der Waals surface area contributed by atoms with E-state index in [0.29, 0.717) is 16.7 Å². The molecule has 0 saturated carbocycles. The number of nitro groups is 1. The predicted octanol–water partition coefficient (Wildman–Crippen LogP) is 3.46. The predicted molar refractivity (Wildman–Crippen MR) is 74.0 cm³/mol. The van der Waals surface area contributed by atoms with Gasteiger partial charge in [-0.25, -0.2) is 0 Å². The zero-order valence-electron chi connectivity index (χ0n) is 11.2. The maximum absolute atomic E-state index is 13.4. The third kappa shape index (κ3) is 3.42. The van der Waals surface area contributed by atoms with Crippen LogP contribution in [0.1, 0.15) is 12.5 Å². The van der Waals surface area contributed by atoms with Gasteiger partial charge in [-0.1, -0.05) is 30.3 Å². The Morgan fingerprint density at radius 1 is 1.29 bits per heavy atom. The van der Waals surface area contributed by atoms with Gasteiger partial charge in [0.2, 0.25) is 5.82 Å². The first-order valence-corrected chi connectivity index (χ1v) is 6.14. The number of hydrogen-bond acceptors (Lipinski definition) is 4. The fourth-order valence-electron chi connectivity index (χ4n) is 1.93. The number of hydrogen-bond donors (Lipinski definition) is 0. The summed E-state index contributed by atoms with van der Waals surface area (Å²) in [5, 5.41) is 10.8. The van der Waals surface area contributed by atoms with Gasteiger partial charge >= 0.3 is 11.7 Å². The maximum Gasteiger partial charge on any atom is 0.305 e. The van der Waals surface area contributed by atoms with Gasteiger partial charge < -0.3 is 4.74 Å². The van der Waals surface area contributed by atoms with Gasteiger partial charge in [0.1, 0.15) is 6.61 Å². The number of esters is 1. The molecule has 0 aromatic heterocycles. The number of benzene rings is 2. The van der Waals surface area contributed by atoms with Crippen LogP contribution in [0.15, 0.2) is 42.5 Å². The second-order valence-electron chi connectivity index (χ2n) is 4.36. The van der Waals surface area contributed by atoms with Crippen LogP contribution >= 0.6 is 0 Å². The van der Waals surface area contributed by atoms with Gasteiger partial charge in [0.15, 0.2) is 0 Å². The van der Waals surface area contributed by atoms with Crippen molar-refractivity contribution in [3.63, 3.8) is 0 Å². The molecule has 0 unspecified atom stereocenters. The van der Waals surface area contributed by atoms with Crippen molar-refractivity contribution in [2.45, 2.75) is 13.5 Å². The van der Waals surface area contributed by atoms with Crippen molar-refractivity contribution in [2.75, 3.05) is 0 Å². The summed E-state index contributed by atoms with van der Waals surface area (Å²) in [4.78, 5) is 20.9. The number of carbonyl (C=O) groups is 1. The monoisotopic (exact) mass is 289 g/mol. The van der Waals surface area contributed by atoms with E-state index < -0.39 is 22.4 Å². The number of rotatable bonds is 4. The lowest BCUT2D eigenvalue weighted by Crippen LogP contribution is -2.00. The van der Waals surface area contributed by atoms with E-state index in [1.165, 1.54) is 19.1 Å². The van der Waals surface area contributed by atoms with E-state index in [4.69, 9.17) is 4.74 Å². The van der Waals surface area contributed by atoms with E-state index in [-0.39, 0.29) is 6.61 Å². The number of nitro benzene ring substituents is 1. The Balaban J connectivity index is 2.44. The minimum absolute atomic E-state index is 0.0523. The lowest BCUT2D eigenvalue weighted by Gasteiger charge is -2.09. The highest BCUT2D eigenvalue weighted by atomic mass is 19.1. The Morgan fingerprint density at radius 3 is 2.67 bits per heavy atom. The normalized spacial score (nSPS) is 10.2. The van der Waals surface area contributed by atoms with Gasteiger partial charge in [0.05, 0.1) is 4.92 Å². The highest BCUT2D eigenvalue weighted by Crippen LogP contribution is 2.29. The van der Waals surface area contributed by atoms with Gasteiger partial charge in [0, 0.05) is 13.0 Å². The van der Waals surface area contributed by atoms with E-state index in [0.717, 1.165) is 6.07 Å². The van der Waals surface area contributed by atoms with Crippen LogP contribution in [0.2, 0.25) is 0 Å². The van der Waals surface area contributed by atoms with Crippen LogP contribution in [0, 0.1) is 15.9 Å². The Bertz CT molecular complexity index is 700. The molecule has 21 heavy (non-hydrogen) atoms. The molecule has 108 valence electrons. The molecule has 0 amide bonds. The van der Waals surface area contributed by atoms with Crippen LogP contribution < -0.4 is 0 Å². The van der Waals surface area contributed by atoms with Gasteiger partial charge in [-0.3, -0.25) is 14.9 Å². The second kappa shape index (κ2) is 6.13. The summed E-state index contributed by atoms with van der Waals surface area (Å²) >= 11 is 0. The van der Waals surface area contributed by atoms with Crippen molar-refractivity contribution >= 4 is 11.7 Å². The molecule has 6 heteroatoms. The van der Waals surface area contributed by atoms with Crippen LogP contribution in [0.5, 0.6) is 0 Å². The third-order valence-corrected chi connectivity index (χ3v) is 2.90. The third-order valence-electron chi connectivity index (χ3n) is 2.90. The first-order valence-electron chi connectivity index (χ1n) is 6.14. The lowest BCUT2D eigenvalue weighted by atomic mass is 9.99.